The SMILES string of the molecule is CN1c2ccccc2N(c2cc(-c3nc4ccccc4s3)c(-c3nc4ccccc4s3)c(N3c4ccccc4N(C)c4ccccc43)c2)c2ccccc21. The van der Waals surface area contributed by atoms with Gasteiger partial charge in [-0.15, -0.1) is 22.7 Å². The predicted molar refractivity (Wildman–Crippen MR) is 229 cm³/mol. The van der Waals surface area contributed by atoms with Gasteiger partial charge in [0.2, 0.25) is 0 Å². The summed E-state index contributed by atoms with van der Waals surface area (Å²) in [7, 11) is 4.31. The maximum absolute atomic E-state index is 5.37. The molecule has 6 nitrogen and oxygen atoms in total. The Morgan fingerprint density at radius 1 is 0.389 bits per heavy atom. The Bertz CT molecular complexity index is 2770. The molecule has 11 rings (SSSR count). The van der Waals surface area contributed by atoms with E-state index in [0.717, 1.165) is 98.4 Å². The molecular weight excluding hydrogens is 701 g/mol. The van der Waals surface area contributed by atoms with Gasteiger partial charge in [0.15, 0.2) is 0 Å². The first kappa shape index (κ1) is 31.1. The van der Waals surface area contributed by atoms with Gasteiger partial charge in [0.25, 0.3) is 0 Å². The van der Waals surface area contributed by atoms with E-state index in [1.54, 1.807) is 22.7 Å². The molecule has 2 aromatic heterocycles. The fraction of sp³-hybridized carbons (Fsp3) is 0.0435. The first-order chi connectivity index (χ1) is 26.6. The fourth-order valence-corrected chi connectivity index (χ4v) is 10.1. The van der Waals surface area contributed by atoms with E-state index < -0.39 is 0 Å². The van der Waals surface area contributed by atoms with Crippen LogP contribution in [0.2, 0.25) is 0 Å². The summed E-state index contributed by atoms with van der Waals surface area (Å²) in [6, 6.07) is 56.3. The summed E-state index contributed by atoms with van der Waals surface area (Å²) in [4.78, 5) is 20.2. The number of aromatic nitrogens is 2. The van der Waals surface area contributed by atoms with Gasteiger partial charge < -0.3 is 19.6 Å². The number of anilines is 10. The van der Waals surface area contributed by atoms with Gasteiger partial charge in [-0.05, 0) is 84.9 Å². The second-order valence-electron chi connectivity index (χ2n) is 13.6. The molecule has 0 saturated heterocycles. The Kier molecular flexibility index (Phi) is 6.92. The van der Waals surface area contributed by atoms with E-state index in [-0.39, 0.29) is 0 Å². The Labute approximate surface area is 321 Å². The minimum Gasteiger partial charge on any atom is -0.341 e. The number of nitrogens with zero attached hydrogens (tertiary/aromatic N) is 6. The molecule has 2 aliphatic heterocycles. The van der Waals surface area contributed by atoms with E-state index in [4.69, 9.17) is 9.97 Å². The largest absolute Gasteiger partial charge is 0.341 e. The summed E-state index contributed by atoms with van der Waals surface area (Å²) in [5, 5.41) is 1.92. The minimum atomic E-state index is 0.958. The van der Waals surface area contributed by atoms with E-state index in [1.807, 2.05) is 0 Å². The van der Waals surface area contributed by atoms with Crippen molar-refractivity contribution >= 4 is 100.0 Å². The van der Waals surface area contributed by atoms with Crippen LogP contribution >= 0.6 is 22.7 Å². The second-order valence-corrected chi connectivity index (χ2v) is 15.7. The smallest absolute Gasteiger partial charge is 0.127 e. The molecule has 0 aliphatic carbocycles. The van der Waals surface area contributed by atoms with E-state index in [0.29, 0.717) is 0 Å². The lowest BCUT2D eigenvalue weighted by molar-refractivity contribution is 1.12. The number of fused-ring (bicyclic) bond motifs is 6. The zero-order valence-corrected chi connectivity index (χ0v) is 31.1. The Hall–Kier alpha value is -6.48. The number of rotatable bonds is 4. The van der Waals surface area contributed by atoms with Gasteiger partial charge in [0.05, 0.1) is 71.6 Å². The second kappa shape index (κ2) is 12.0. The quantitative estimate of drug-likeness (QED) is 0.179. The van der Waals surface area contributed by atoms with Crippen molar-refractivity contribution in [3.8, 4) is 21.1 Å². The highest BCUT2D eigenvalue weighted by molar-refractivity contribution is 7.22. The van der Waals surface area contributed by atoms with Crippen molar-refractivity contribution in [1.29, 1.82) is 0 Å². The van der Waals surface area contributed by atoms with Crippen LogP contribution in [0.3, 0.4) is 0 Å². The van der Waals surface area contributed by atoms with Crippen LogP contribution in [0.15, 0.2) is 158 Å². The molecule has 0 fully saturated rings. The average molecular weight is 733 g/mol. The van der Waals surface area contributed by atoms with Crippen molar-refractivity contribution in [2.24, 2.45) is 0 Å². The topological polar surface area (TPSA) is 38.7 Å². The van der Waals surface area contributed by atoms with Gasteiger partial charge in [-0.1, -0.05) is 72.8 Å². The van der Waals surface area contributed by atoms with Crippen LogP contribution in [-0.2, 0) is 0 Å². The van der Waals surface area contributed by atoms with Crippen LogP contribution in [-0.4, -0.2) is 24.1 Å². The number of hydrogen-bond donors (Lipinski definition) is 0. The third-order valence-corrected chi connectivity index (χ3v) is 12.7. The van der Waals surface area contributed by atoms with Gasteiger partial charge in [0.1, 0.15) is 10.0 Å². The minimum absolute atomic E-state index is 0.958. The number of para-hydroxylation sites is 10. The van der Waals surface area contributed by atoms with Crippen LogP contribution in [0.4, 0.5) is 56.9 Å². The van der Waals surface area contributed by atoms with Crippen molar-refractivity contribution in [2.45, 2.75) is 0 Å². The molecule has 4 heterocycles. The molecule has 0 N–H and O–H groups in total. The molecule has 0 unspecified atom stereocenters. The molecule has 0 atom stereocenters. The Morgan fingerprint density at radius 2 is 0.778 bits per heavy atom. The first-order valence-corrected chi connectivity index (χ1v) is 19.6. The van der Waals surface area contributed by atoms with E-state index in [9.17, 15) is 0 Å². The fourth-order valence-electron chi connectivity index (χ4n) is 8.08. The summed E-state index contributed by atoms with van der Waals surface area (Å²) >= 11 is 3.47. The highest BCUT2D eigenvalue weighted by Gasteiger charge is 2.34. The van der Waals surface area contributed by atoms with E-state index in [1.165, 1.54) is 0 Å². The third-order valence-electron chi connectivity index (χ3n) is 10.6. The molecule has 2 aliphatic rings. The molecule has 0 amide bonds. The molecule has 0 spiro atoms. The summed E-state index contributed by atoms with van der Waals surface area (Å²) in [5.74, 6) is 0. The van der Waals surface area contributed by atoms with Crippen molar-refractivity contribution in [3.05, 3.63) is 158 Å². The highest BCUT2D eigenvalue weighted by Crippen LogP contribution is 2.58. The van der Waals surface area contributed by atoms with Crippen LogP contribution in [0.5, 0.6) is 0 Å². The lowest BCUT2D eigenvalue weighted by atomic mass is 9.98. The average Bonchev–Trinajstić information content (AvgIpc) is 3.86. The zero-order chi connectivity index (χ0) is 35.9. The molecule has 0 radical (unpaired) electrons. The zero-order valence-electron chi connectivity index (χ0n) is 29.5. The van der Waals surface area contributed by atoms with Crippen molar-refractivity contribution in [3.63, 3.8) is 0 Å². The number of benzene rings is 7. The lowest BCUT2D eigenvalue weighted by Crippen LogP contribution is -2.26. The molecule has 8 heteroatoms. The molecule has 0 saturated carbocycles. The van der Waals surface area contributed by atoms with Gasteiger partial charge >= 0.3 is 0 Å². The van der Waals surface area contributed by atoms with Crippen LogP contribution in [0.25, 0.3) is 41.6 Å². The summed E-state index contributed by atoms with van der Waals surface area (Å²) in [6.07, 6.45) is 0. The Balaban J connectivity index is 1.29. The first-order valence-electron chi connectivity index (χ1n) is 18.0. The summed E-state index contributed by atoms with van der Waals surface area (Å²) in [5.41, 5.74) is 15.2. The highest BCUT2D eigenvalue weighted by atomic mass is 32.1. The summed E-state index contributed by atoms with van der Waals surface area (Å²) < 4.78 is 2.30. The monoisotopic (exact) mass is 732 g/mol. The maximum atomic E-state index is 5.37. The summed E-state index contributed by atoms with van der Waals surface area (Å²) in [6.45, 7) is 0. The van der Waals surface area contributed by atoms with Crippen molar-refractivity contribution in [1.82, 2.24) is 9.97 Å². The molecule has 7 aromatic carbocycles. The normalized spacial score (nSPS) is 13.2. The molecular formula is C46H32N6S2. The van der Waals surface area contributed by atoms with Crippen LogP contribution in [0, 0.1) is 0 Å². The van der Waals surface area contributed by atoms with Gasteiger partial charge in [-0.2, -0.15) is 0 Å². The van der Waals surface area contributed by atoms with Crippen molar-refractivity contribution in [2.75, 3.05) is 33.7 Å². The Morgan fingerprint density at radius 3 is 1.26 bits per heavy atom. The maximum Gasteiger partial charge on any atom is 0.127 e. The lowest BCUT2D eigenvalue weighted by Gasteiger charge is -2.41. The van der Waals surface area contributed by atoms with E-state index in [2.05, 4.69) is 191 Å². The van der Waals surface area contributed by atoms with E-state index >= 15 is 0 Å². The molecule has 0 bridgehead atoms. The molecule has 258 valence electrons. The van der Waals surface area contributed by atoms with Crippen molar-refractivity contribution < 1.29 is 0 Å². The standard InChI is InChI=1S/C46H32N6S2/c1-49-33-17-5-9-21-37(33)51(38-22-10-6-18-34(38)49)29-27-30(45-47-31-15-3-13-25-42(31)53-45)44(46-48-32-16-4-14-26-43(32)54-46)41(28-29)52-39-23-11-7-19-35(39)50(2)36-20-8-12-24-40(36)52/h3-28H,1-2H3. The van der Waals surface area contributed by atoms with Gasteiger partial charge in [-0.25, -0.2) is 9.97 Å². The van der Waals surface area contributed by atoms with Crippen LogP contribution in [0.1, 0.15) is 0 Å². The molecule has 9 aromatic rings. The predicted octanol–water partition coefficient (Wildman–Crippen LogP) is 13.3. The van der Waals surface area contributed by atoms with Gasteiger partial charge in [-0.3, -0.25) is 0 Å². The van der Waals surface area contributed by atoms with Gasteiger partial charge in [0, 0.05) is 30.9 Å². The third kappa shape index (κ3) is 4.63. The number of thiazole rings is 2. The number of hydrogen-bond acceptors (Lipinski definition) is 8. The van der Waals surface area contributed by atoms with Crippen LogP contribution < -0.4 is 19.6 Å². The molecule has 54 heavy (non-hydrogen) atoms.